The van der Waals surface area contributed by atoms with Crippen molar-refractivity contribution in [1.82, 2.24) is 10.3 Å². The molecule has 1 heterocycles. The molecule has 1 rings (SSSR count). The first kappa shape index (κ1) is 17.2. The Morgan fingerprint density at radius 1 is 1.48 bits per heavy atom. The number of rotatable bonds is 6. The summed E-state index contributed by atoms with van der Waals surface area (Å²) in [6.45, 7) is 1.70. The quantitative estimate of drug-likeness (QED) is 0.831. The van der Waals surface area contributed by atoms with Crippen molar-refractivity contribution in [2.45, 2.75) is 32.5 Å². The Kier molecular flexibility index (Phi) is 5.95. The lowest BCUT2D eigenvalue weighted by atomic mass is 10.1. The topological polar surface area (TPSA) is 77.2 Å². The van der Waals surface area contributed by atoms with Crippen LogP contribution < -0.4 is 15.8 Å². The standard InChI is InChI=1S/C13H18F3N3O2/c1-8(17)5-10-11(4-3-9(2)19-10)21-6-12(20)18-7-13(14,15)16/h3-4,8H,5-7,17H2,1-2H3,(H,18,20). The molecule has 118 valence electrons. The van der Waals surface area contributed by atoms with Crippen molar-refractivity contribution >= 4 is 5.91 Å². The fraction of sp³-hybridized carbons (Fsp3) is 0.538. The molecule has 5 nitrogen and oxygen atoms in total. The number of nitrogens with zero attached hydrogens (tertiary/aromatic N) is 1. The summed E-state index contributed by atoms with van der Waals surface area (Å²) in [5, 5.41) is 1.73. The first-order valence-electron chi connectivity index (χ1n) is 6.35. The van der Waals surface area contributed by atoms with E-state index >= 15 is 0 Å². The number of amides is 1. The number of aryl methyl sites for hydroxylation is 1. The molecule has 0 aliphatic heterocycles. The first-order valence-corrected chi connectivity index (χ1v) is 6.35. The molecule has 1 amide bonds. The van der Waals surface area contributed by atoms with Gasteiger partial charge in [0, 0.05) is 18.2 Å². The number of aromatic nitrogens is 1. The predicted molar refractivity (Wildman–Crippen MR) is 70.9 cm³/mol. The maximum atomic E-state index is 12.0. The van der Waals surface area contributed by atoms with E-state index in [1.54, 1.807) is 31.3 Å². The number of hydrogen-bond donors (Lipinski definition) is 2. The second-order valence-electron chi connectivity index (χ2n) is 4.76. The molecule has 1 aromatic rings. The molecule has 0 fully saturated rings. The van der Waals surface area contributed by atoms with Crippen LogP contribution in [0.5, 0.6) is 5.75 Å². The van der Waals surface area contributed by atoms with E-state index in [4.69, 9.17) is 10.5 Å². The van der Waals surface area contributed by atoms with Crippen molar-refractivity contribution < 1.29 is 22.7 Å². The zero-order valence-electron chi connectivity index (χ0n) is 11.8. The molecule has 0 aromatic carbocycles. The highest BCUT2D eigenvalue weighted by Gasteiger charge is 2.27. The van der Waals surface area contributed by atoms with Crippen LogP contribution in [0, 0.1) is 6.92 Å². The van der Waals surface area contributed by atoms with Gasteiger partial charge in [0.15, 0.2) is 6.61 Å². The molecule has 0 aliphatic rings. The van der Waals surface area contributed by atoms with Gasteiger partial charge in [0.1, 0.15) is 12.3 Å². The Hall–Kier alpha value is -1.83. The summed E-state index contributed by atoms with van der Waals surface area (Å²) >= 11 is 0. The van der Waals surface area contributed by atoms with E-state index in [0.29, 0.717) is 17.9 Å². The SMILES string of the molecule is Cc1ccc(OCC(=O)NCC(F)(F)F)c(CC(C)N)n1. The summed E-state index contributed by atoms with van der Waals surface area (Å²) in [5.41, 5.74) is 7.04. The Labute approximate surface area is 120 Å². The summed E-state index contributed by atoms with van der Waals surface area (Å²) in [7, 11) is 0. The van der Waals surface area contributed by atoms with E-state index in [1.165, 1.54) is 0 Å². The molecule has 1 aromatic heterocycles. The fourth-order valence-corrected chi connectivity index (χ4v) is 1.57. The van der Waals surface area contributed by atoms with Crippen LogP contribution >= 0.6 is 0 Å². The van der Waals surface area contributed by atoms with Crippen LogP contribution in [0.3, 0.4) is 0 Å². The molecule has 1 atom stereocenters. The molecule has 0 saturated carbocycles. The van der Waals surface area contributed by atoms with Crippen molar-refractivity contribution in [2.75, 3.05) is 13.2 Å². The smallest absolute Gasteiger partial charge is 0.405 e. The van der Waals surface area contributed by atoms with Crippen molar-refractivity contribution in [1.29, 1.82) is 0 Å². The van der Waals surface area contributed by atoms with Crippen molar-refractivity contribution in [3.05, 3.63) is 23.5 Å². The number of carbonyl (C=O) groups excluding carboxylic acids is 1. The van der Waals surface area contributed by atoms with Gasteiger partial charge in [0.25, 0.3) is 5.91 Å². The van der Waals surface area contributed by atoms with Crippen LogP contribution in [0.2, 0.25) is 0 Å². The lowest BCUT2D eigenvalue weighted by Crippen LogP contribution is -2.36. The third kappa shape index (κ3) is 6.94. The largest absolute Gasteiger partial charge is 0.482 e. The van der Waals surface area contributed by atoms with Crippen LogP contribution in [0.4, 0.5) is 13.2 Å². The predicted octanol–water partition coefficient (Wildman–Crippen LogP) is 1.34. The average Bonchev–Trinajstić information content (AvgIpc) is 2.34. The number of hydrogen-bond acceptors (Lipinski definition) is 4. The van der Waals surface area contributed by atoms with Crippen molar-refractivity contribution in [2.24, 2.45) is 5.73 Å². The maximum Gasteiger partial charge on any atom is 0.405 e. The molecule has 21 heavy (non-hydrogen) atoms. The van der Waals surface area contributed by atoms with Gasteiger partial charge in [-0.1, -0.05) is 0 Å². The number of pyridine rings is 1. The minimum atomic E-state index is -4.44. The number of ether oxygens (including phenoxy) is 1. The van der Waals surface area contributed by atoms with Gasteiger partial charge in [-0.2, -0.15) is 13.2 Å². The normalized spacial score (nSPS) is 12.9. The number of carbonyl (C=O) groups is 1. The summed E-state index contributed by atoms with van der Waals surface area (Å²) in [5.74, 6) is -0.500. The first-order chi connectivity index (χ1) is 9.67. The molecule has 1 unspecified atom stereocenters. The Morgan fingerprint density at radius 2 is 2.14 bits per heavy atom. The van der Waals surface area contributed by atoms with Gasteiger partial charge < -0.3 is 15.8 Å². The van der Waals surface area contributed by atoms with E-state index in [1.807, 2.05) is 0 Å². The van der Waals surface area contributed by atoms with Crippen LogP contribution in [0.25, 0.3) is 0 Å². The zero-order valence-corrected chi connectivity index (χ0v) is 11.8. The highest BCUT2D eigenvalue weighted by Crippen LogP contribution is 2.18. The van der Waals surface area contributed by atoms with Gasteiger partial charge in [-0.25, -0.2) is 0 Å². The monoisotopic (exact) mass is 305 g/mol. The molecule has 0 bridgehead atoms. The molecule has 3 N–H and O–H groups in total. The Bertz CT molecular complexity index is 490. The number of halogens is 3. The van der Waals surface area contributed by atoms with Gasteiger partial charge in [0.2, 0.25) is 0 Å². The third-order valence-corrected chi connectivity index (χ3v) is 2.43. The highest BCUT2D eigenvalue weighted by atomic mass is 19.4. The van der Waals surface area contributed by atoms with E-state index in [-0.39, 0.29) is 6.04 Å². The summed E-state index contributed by atoms with van der Waals surface area (Å²) < 4.78 is 41.1. The van der Waals surface area contributed by atoms with Gasteiger partial charge in [0.05, 0.1) is 5.69 Å². The second-order valence-corrected chi connectivity index (χ2v) is 4.76. The average molecular weight is 305 g/mol. The number of nitrogens with one attached hydrogen (secondary N) is 1. The van der Waals surface area contributed by atoms with E-state index in [2.05, 4.69) is 4.98 Å². The minimum absolute atomic E-state index is 0.152. The van der Waals surface area contributed by atoms with Gasteiger partial charge in [-0.05, 0) is 26.0 Å². The molecule has 0 radical (unpaired) electrons. The van der Waals surface area contributed by atoms with E-state index in [0.717, 1.165) is 5.69 Å². The zero-order chi connectivity index (χ0) is 16.0. The number of nitrogens with two attached hydrogens (primary N) is 1. The fourth-order valence-electron chi connectivity index (χ4n) is 1.57. The molecular weight excluding hydrogens is 287 g/mol. The van der Waals surface area contributed by atoms with Gasteiger partial charge in [-0.3, -0.25) is 9.78 Å². The van der Waals surface area contributed by atoms with Gasteiger partial charge >= 0.3 is 6.18 Å². The molecule has 0 spiro atoms. The molecule has 0 saturated heterocycles. The van der Waals surface area contributed by atoms with Crippen LogP contribution in [0.1, 0.15) is 18.3 Å². The van der Waals surface area contributed by atoms with E-state index < -0.39 is 25.2 Å². The van der Waals surface area contributed by atoms with Crippen LogP contribution in [-0.2, 0) is 11.2 Å². The van der Waals surface area contributed by atoms with Crippen LogP contribution in [-0.4, -0.2) is 36.3 Å². The van der Waals surface area contributed by atoms with Crippen molar-refractivity contribution in [3.63, 3.8) is 0 Å². The minimum Gasteiger partial charge on any atom is -0.482 e. The Balaban J connectivity index is 2.60. The molecule has 0 aliphatic carbocycles. The maximum absolute atomic E-state index is 12.0. The number of alkyl halides is 3. The summed E-state index contributed by atoms with van der Waals surface area (Å²) in [4.78, 5) is 15.5. The Morgan fingerprint density at radius 3 is 2.71 bits per heavy atom. The van der Waals surface area contributed by atoms with Gasteiger partial charge in [-0.15, -0.1) is 0 Å². The summed E-state index contributed by atoms with van der Waals surface area (Å²) in [6.07, 6.45) is -4.00. The lowest BCUT2D eigenvalue weighted by Gasteiger charge is -2.13. The highest BCUT2D eigenvalue weighted by molar-refractivity contribution is 5.77. The summed E-state index contributed by atoms with van der Waals surface area (Å²) in [6, 6.07) is 3.16. The van der Waals surface area contributed by atoms with Crippen molar-refractivity contribution in [3.8, 4) is 5.75 Å². The van der Waals surface area contributed by atoms with E-state index in [9.17, 15) is 18.0 Å². The third-order valence-electron chi connectivity index (χ3n) is 2.43. The second kappa shape index (κ2) is 7.26. The lowest BCUT2D eigenvalue weighted by molar-refractivity contribution is -0.139. The molecular formula is C13H18F3N3O2. The molecule has 8 heteroatoms. The van der Waals surface area contributed by atoms with Crippen LogP contribution in [0.15, 0.2) is 12.1 Å².